The van der Waals surface area contributed by atoms with E-state index in [1.165, 1.54) is 25.7 Å². The van der Waals surface area contributed by atoms with Gasteiger partial charge in [0.1, 0.15) is 0 Å². The van der Waals surface area contributed by atoms with Gasteiger partial charge in [0.15, 0.2) is 0 Å². The molecule has 0 unspecified atom stereocenters. The van der Waals surface area contributed by atoms with Crippen molar-refractivity contribution in [1.82, 2.24) is 0 Å². The Balaban J connectivity index is 2.76. The lowest BCUT2D eigenvalue weighted by Gasteiger charge is -2.04. The Kier molecular flexibility index (Phi) is 11.8. The average Bonchev–Trinajstić information content (AvgIpc) is 2.16. The Morgan fingerprint density at radius 2 is 1.31 bits per heavy atom. The van der Waals surface area contributed by atoms with Crippen LogP contribution < -0.4 is 0 Å². The van der Waals surface area contributed by atoms with E-state index in [1.54, 1.807) is 0 Å². The molecule has 2 heteroatoms. The third-order valence-corrected chi connectivity index (χ3v) is 1.86. The molecule has 0 aliphatic heterocycles. The molecule has 13 heavy (non-hydrogen) atoms. The van der Waals surface area contributed by atoms with Crippen LogP contribution in [0.15, 0.2) is 0 Å². The van der Waals surface area contributed by atoms with Crippen LogP contribution in [0.2, 0.25) is 0 Å². The number of hydrogen-bond donors (Lipinski definition) is 0. The fourth-order valence-corrected chi connectivity index (χ4v) is 1.10. The van der Waals surface area contributed by atoms with Gasteiger partial charge in [0.2, 0.25) is 0 Å². The molecule has 0 aliphatic carbocycles. The van der Waals surface area contributed by atoms with Crippen molar-refractivity contribution in [3.05, 3.63) is 0 Å². The number of rotatable bonds is 10. The Bertz CT molecular complexity index is 74.2. The van der Waals surface area contributed by atoms with Crippen molar-refractivity contribution in [3.63, 3.8) is 0 Å². The van der Waals surface area contributed by atoms with Gasteiger partial charge < -0.3 is 9.47 Å². The first-order valence-electron chi connectivity index (χ1n) is 5.57. The summed E-state index contributed by atoms with van der Waals surface area (Å²) in [7, 11) is 0. The molecule has 80 valence electrons. The molecule has 0 atom stereocenters. The second-order valence-corrected chi connectivity index (χ2v) is 3.29. The fourth-order valence-electron chi connectivity index (χ4n) is 1.10. The molecule has 0 bridgehead atoms. The van der Waals surface area contributed by atoms with E-state index in [4.69, 9.17) is 9.47 Å². The van der Waals surface area contributed by atoms with Crippen LogP contribution in [0, 0.1) is 0 Å². The Morgan fingerprint density at radius 3 is 1.92 bits per heavy atom. The molecule has 0 radical (unpaired) electrons. The highest BCUT2D eigenvalue weighted by molar-refractivity contribution is 4.39. The minimum atomic E-state index is 0.752. The molecule has 0 N–H and O–H groups in total. The van der Waals surface area contributed by atoms with Crippen LogP contribution in [-0.4, -0.2) is 26.4 Å². The summed E-state index contributed by atoms with van der Waals surface area (Å²) in [4.78, 5) is 0. The molecule has 0 rings (SSSR count). The lowest BCUT2D eigenvalue weighted by Crippen LogP contribution is -2.05. The SMILES string of the molecule is CCCCCCOCCOCCC. The maximum absolute atomic E-state index is 5.40. The maximum atomic E-state index is 5.40. The quantitative estimate of drug-likeness (QED) is 0.491. The van der Waals surface area contributed by atoms with Crippen molar-refractivity contribution in [2.45, 2.75) is 46.0 Å². The number of unbranched alkanes of at least 4 members (excludes halogenated alkanes) is 3. The summed E-state index contributed by atoms with van der Waals surface area (Å²) in [5, 5.41) is 0. The van der Waals surface area contributed by atoms with E-state index in [1.807, 2.05) is 0 Å². The highest BCUT2D eigenvalue weighted by Gasteiger charge is 1.89. The van der Waals surface area contributed by atoms with Crippen LogP contribution in [-0.2, 0) is 9.47 Å². The third-order valence-electron chi connectivity index (χ3n) is 1.86. The van der Waals surface area contributed by atoms with Crippen LogP contribution in [0.3, 0.4) is 0 Å². The van der Waals surface area contributed by atoms with Crippen molar-refractivity contribution in [2.24, 2.45) is 0 Å². The van der Waals surface area contributed by atoms with Crippen molar-refractivity contribution >= 4 is 0 Å². The van der Waals surface area contributed by atoms with Crippen LogP contribution in [0.25, 0.3) is 0 Å². The van der Waals surface area contributed by atoms with Gasteiger partial charge in [0, 0.05) is 13.2 Å². The Labute approximate surface area is 82.6 Å². The smallest absolute Gasteiger partial charge is 0.0700 e. The van der Waals surface area contributed by atoms with E-state index in [0.29, 0.717) is 0 Å². The molecule has 0 aliphatic rings. The predicted octanol–water partition coefficient (Wildman–Crippen LogP) is 3.01. The molecular weight excluding hydrogens is 164 g/mol. The third kappa shape index (κ3) is 11.9. The zero-order valence-corrected chi connectivity index (χ0v) is 9.18. The molecule has 2 nitrogen and oxygen atoms in total. The average molecular weight is 188 g/mol. The summed E-state index contributed by atoms with van der Waals surface area (Å²) in [5.41, 5.74) is 0. The van der Waals surface area contributed by atoms with E-state index in [2.05, 4.69) is 13.8 Å². The van der Waals surface area contributed by atoms with E-state index in [9.17, 15) is 0 Å². The van der Waals surface area contributed by atoms with Gasteiger partial charge in [0.25, 0.3) is 0 Å². The second kappa shape index (κ2) is 11.9. The van der Waals surface area contributed by atoms with Gasteiger partial charge >= 0.3 is 0 Å². The summed E-state index contributed by atoms with van der Waals surface area (Å²) in [6.45, 7) is 7.60. The zero-order chi connectivity index (χ0) is 9.78. The summed E-state index contributed by atoms with van der Waals surface area (Å²) >= 11 is 0. The standard InChI is InChI=1S/C11H24O2/c1-3-5-6-7-9-13-11-10-12-8-4-2/h3-11H2,1-2H3. The number of ether oxygens (including phenoxy) is 2. The van der Waals surface area contributed by atoms with E-state index >= 15 is 0 Å². The molecule has 0 aromatic heterocycles. The minimum Gasteiger partial charge on any atom is -0.379 e. The predicted molar refractivity (Wildman–Crippen MR) is 56.1 cm³/mol. The first kappa shape index (κ1) is 12.9. The highest BCUT2D eigenvalue weighted by Crippen LogP contribution is 1.98. The van der Waals surface area contributed by atoms with Gasteiger partial charge in [-0.15, -0.1) is 0 Å². The molecule has 0 aromatic rings. The van der Waals surface area contributed by atoms with Crippen molar-refractivity contribution in [1.29, 1.82) is 0 Å². The summed E-state index contributed by atoms with van der Waals surface area (Å²) in [6.07, 6.45) is 6.21. The largest absolute Gasteiger partial charge is 0.379 e. The monoisotopic (exact) mass is 188 g/mol. The van der Waals surface area contributed by atoms with Crippen molar-refractivity contribution in [2.75, 3.05) is 26.4 Å². The van der Waals surface area contributed by atoms with Gasteiger partial charge in [-0.2, -0.15) is 0 Å². The van der Waals surface area contributed by atoms with Crippen LogP contribution in [0.5, 0.6) is 0 Å². The zero-order valence-electron chi connectivity index (χ0n) is 9.18. The maximum Gasteiger partial charge on any atom is 0.0700 e. The van der Waals surface area contributed by atoms with Crippen LogP contribution >= 0.6 is 0 Å². The van der Waals surface area contributed by atoms with Crippen LogP contribution in [0.1, 0.15) is 46.0 Å². The molecule has 0 amide bonds. The topological polar surface area (TPSA) is 18.5 Å². The van der Waals surface area contributed by atoms with Crippen molar-refractivity contribution in [3.8, 4) is 0 Å². The highest BCUT2D eigenvalue weighted by atomic mass is 16.5. The second-order valence-electron chi connectivity index (χ2n) is 3.29. The molecule has 0 saturated heterocycles. The number of hydrogen-bond acceptors (Lipinski definition) is 2. The first-order valence-corrected chi connectivity index (χ1v) is 5.57. The van der Waals surface area contributed by atoms with Gasteiger partial charge in [-0.3, -0.25) is 0 Å². The summed E-state index contributed by atoms with van der Waals surface area (Å²) in [6, 6.07) is 0. The Hall–Kier alpha value is -0.0800. The van der Waals surface area contributed by atoms with Gasteiger partial charge in [-0.05, 0) is 12.8 Å². The normalized spacial score (nSPS) is 10.6. The van der Waals surface area contributed by atoms with Gasteiger partial charge in [-0.25, -0.2) is 0 Å². The van der Waals surface area contributed by atoms with E-state index in [0.717, 1.165) is 32.8 Å². The Morgan fingerprint density at radius 1 is 0.615 bits per heavy atom. The van der Waals surface area contributed by atoms with E-state index in [-0.39, 0.29) is 0 Å². The molecule has 0 aromatic carbocycles. The lowest BCUT2D eigenvalue weighted by atomic mass is 10.2. The molecule has 0 fully saturated rings. The molecular formula is C11H24O2. The van der Waals surface area contributed by atoms with E-state index < -0.39 is 0 Å². The van der Waals surface area contributed by atoms with Crippen molar-refractivity contribution < 1.29 is 9.47 Å². The van der Waals surface area contributed by atoms with Gasteiger partial charge in [0.05, 0.1) is 13.2 Å². The molecule has 0 heterocycles. The van der Waals surface area contributed by atoms with Gasteiger partial charge in [-0.1, -0.05) is 33.1 Å². The lowest BCUT2D eigenvalue weighted by molar-refractivity contribution is 0.0465. The van der Waals surface area contributed by atoms with Crippen LogP contribution in [0.4, 0.5) is 0 Å². The molecule has 0 saturated carbocycles. The minimum absolute atomic E-state index is 0.752. The molecule has 0 spiro atoms. The summed E-state index contributed by atoms with van der Waals surface area (Å²) in [5.74, 6) is 0. The summed E-state index contributed by atoms with van der Waals surface area (Å²) < 4.78 is 10.7. The first-order chi connectivity index (χ1) is 6.41. The fraction of sp³-hybridized carbons (Fsp3) is 1.00.